The number of aromatic nitrogens is 1. The lowest BCUT2D eigenvalue weighted by molar-refractivity contribution is -0.138. The first kappa shape index (κ1) is 11.7. The molecule has 1 saturated heterocycles. The molecule has 0 radical (unpaired) electrons. The van der Waals surface area contributed by atoms with Crippen LogP contribution < -0.4 is 11.5 Å². The molecule has 88 valence electrons. The number of thioether (sulfide) groups is 1. The Morgan fingerprint density at radius 2 is 2.00 bits per heavy atom. The monoisotopic (exact) mass is 249 g/mol. The molecule has 1 aliphatic rings. The van der Waals surface area contributed by atoms with E-state index >= 15 is 0 Å². The van der Waals surface area contributed by atoms with Gasteiger partial charge in [-0.15, -0.1) is 11.8 Å². The minimum atomic E-state index is -4.39. The number of hydrogen-bond acceptors (Lipinski definition) is 4. The first-order valence-electron chi connectivity index (χ1n) is 4.51. The Balaban J connectivity index is 2.38. The van der Waals surface area contributed by atoms with Crippen molar-refractivity contribution in [2.45, 2.75) is 23.3 Å². The summed E-state index contributed by atoms with van der Waals surface area (Å²) in [6, 6.07) is 1.07. The van der Waals surface area contributed by atoms with Crippen molar-refractivity contribution in [2.75, 3.05) is 0 Å². The molecule has 2 rings (SSSR count). The Labute approximate surface area is 94.4 Å². The van der Waals surface area contributed by atoms with Crippen molar-refractivity contribution in [3.05, 3.63) is 29.1 Å². The molecule has 16 heavy (non-hydrogen) atoms. The van der Waals surface area contributed by atoms with E-state index in [9.17, 15) is 13.2 Å². The molecule has 0 spiro atoms. The minimum Gasteiger partial charge on any atom is -0.304 e. The van der Waals surface area contributed by atoms with Gasteiger partial charge in [0.2, 0.25) is 0 Å². The van der Waals surface area contributed by atoms with Gasteiger partial charge in [0.25, 0.3) is 0 Å². The summed E-state index contributed by atoms with van der Waals surface area (Å²) in [5.74, 6) is 0. The predicted octanol–water partition coefficient (Wildman–Crippen LogP) is 1.77. The van der Waals surface area contributed by atoms with E-state index in [1.165, 1.54) is 24.9 Å². The van der Waals surface area contributed by atoms with E-state index in [-0.39, 0.29) is 10.9 Å². The number of nitrogens with two attached hydrogens (primary N) is 2. The van der Waals surface area contributed by atoms with E-state index in [1.54, 1.807) is 0 Å². The molecule has 0 amide bonds. The summed E-state index contributed by atoms with van der Waals surface area (Å²) >= 11 is 1.22. The smallest absolute Gasteiger partial charge is 0.304 e. The van der Waals surface area contributed by atoms with Crippen molar-refractivity contribution >= 4 is 11.8 Å². The fourth-order valence-electron chi connectivity index (χ4n) is 1.48. The van der Waals surface area contributed by atoms with Gasteiger partial charge in [0.1, 0.15) is 4.99 Å². The fraction of sp³-hybridized carbons (Fsp3) is 0.444. The van der Waals surface area contributed by atoms with Gasteiger partial charge in [0, 0.05) is 11.9 Å². The molecule has 0 saturated carbocycles. The largest absolute Gasteiger partial charge is 0.418 e. The summed E-state index contributed by atoms with van der Waals surface area (Å²) < 4.78 is 37.8. The molecule has 3 nitrogen and oxygen atoms in total. The molecule has 0 aliphatic carbocycles. The van der Waals surface area contributed by atoms with Gasteiger partial charge in [-0.2, -0.15) is 13.2 Å². The Kier molecular flexibility index (Phi) is 2.45. The van der Waals surface area contributed by atoms with Gasteiger partial charge in [-0.05, 0) is 18.6 Å². The molecule has 1 atom stereocenters. The third kappa shape index (κ3) is 2.02. The Morgan fingerprint density at radius 3 is 2.44 bits per heavy atom. The lowest BCUT2D eigenvalue weighted by atomic mass is 10.1. The van der Waals surface area contributed by atoms with Crippen molar-refractivity contribution in [1.82, 2.24) is 4.98 Å². The van der Waals surface area contributed by atoms with E-state index in [2.05, 4.69) is 4.98 Å². The third-order valence-corrected chi connectivity index (χ3v) is 3.68. The average Bonchev–Trinajstić information content (AvgIpc) is 2.74. The van der Waals surface area contributed by atoms with Crippen LogP contribution in [0, 0.1) is 6.92 Å². The Hall–Kier alpha value is -0.790. The molecule has 0 bridgehead atoms. The number of alkyl halides is 3. The van der Waals surface area contributed by atoms with Crippen LogP contribution in [-0.2, 0) is 6.18 Å². The lowest BCUT2D eigenvalue weighted by Gasteiger charge is -2.11. The van der Waals surface area contributed by atoms with Gasteiger partial charge in [0.05, 0.1) is 10.8 Å². The van der Waals surface area contributed by atoms with E-state index in [4.69, 9.17) is 11.5 Å². The van der Waals surface area contributed by atoms with Gasteiger partial charge < -0.3 is 11.5 Å². The minimum absolute atomic E-state index is 0.0402. The summed E-state index contributed by atoms with van der Waals surface area (Å²) in [4.78, 5) is 2.77. The van der Waals surface area contributed by atoms with Crippen LogP contribution in [0.5, 0.6) is 0 Å². The van der Waals surface area contributed by atoms with Crippen LogP contribution in [0.1, 0.15) is 22.1 Å². The summed E-state index contributed by atoms with van der Waals surface area (Å²) in [6.45, 7) is 1.32. The highest BCUT2D eigenvalue weighted by Crippen LogP contribution is 2.58. The normalized spacial score (nSPS) is 23.2. The molecule has 1 fully saturated rings. The van der Waals surface area contributed by atoms with Crippen molar-refractivity contribution in [2.24, 2.45) is 11.5 Å². The van der Waals surface area contributed by atoms with Gasteiger partial charge >= 0.3 is 6.18 Å². The van der Waals surface area contributed by atoms with E-state index < -0.39 is 16.7 Å². The number of halogens is 3. The molecule has 1 aromatic rings. The van der Waals surface area contributed by atoms with Gasteiger partial charge in [-0.1, -0.05) is 0 Å². The molecule has 7 heteroatoms. The number of hydrogen-bond donors (Lipinski definition) is 2. The number of aryl methyl sites for hydroxylation is 1. The van der Waals surface area contributed by atoms with Crippen LogP contribution in [0.3, 0.4) is 0 Å². The van der Waals surface area contributed by atoms with Crippen LogP contribution >= 0.6 is 11.8 Å². The fourth-order valence-corrected chi connectivity index (χ4v) is 2.22. The maximum absolute atomic E-state index is 12.6. The summed E-state index contributed by atoms with van der Waals surface area (Å²) in [6.07, 6.45) is -3.00. The lowest BCUT2D eigenvalue weighted by Crippen LogP contribution is -2.34. The highest BCUT2D eigenvalue weighted by molar-refractivity contribution is 8.08. The van der Waals surface area contributed by atoms with Crippen molar-refractivity contribution in [3.63, 3.8) is 0 Å². The topological polar surface area (TPSA) is 64.9 Å². The molecule has 4 N–H and O–H groups in total. The molecular formula is C9H10F3N3S. The standard InChI is InChI=1S/C9H10F3N3S/c1-4-6(8(10,11)12)2-5(3-15-4)7-9(13,14)16-7/h2-3,7H,13-14H2,1H3/t7-/m1/s1. The molecule has 1 aromatic heterocycles. The van der Waals surface area contributed by atoms with Crippen molar-refractivity contribution in [3.8, 4) is 0 Å². The van der Waals surface area contributed by atoms with Crippen LogP contribution in [0.4, 0.5) is 13.2 Å². The van der Waals surface area contributed by atoms with E-state index in [0.29, 0.717) is 5.56 Å². The highest BCUT2D eigenvalue weighted by Gasteiger charge is 2.51. The molecule has 0 aromatic carbocycles. The quantitative estimate of drug-likeness (QED) is 0.588. The first-order valence-corrected chi connectivity index (χ1v) is 5.39. The highest BCUT2D eigenvalue weighted by atomic mass is 32.2. The van der Waals surface area contributed by atoms with Crippen LogP contribution in [0.25, 0.3) is 0 Å². The van der Waals surface area contributed by atoms with Gasteiger partial charge in [-0.25, -0.2) is 0 Å². The summed E-state index contributed by atoms with van der Waals surface area (Å²) in [5.41, 5.74) is 10.8. The number of rotatable bonds is 1. The maximum Gasteiger partial charge on any atom is 0.418 e. The van der Waals surface area contributed by atoms with Crippen LogP contribution in [-0.4, -0.2) is 9.98 Å². The Morgan fingerprint density at radius 1 is 1.44 bits per heavy atom. The molecule has 2 heterocycles. The summed E-state index contributed by atoms with van der Waals surface area (Å²) in [5, 5.41) is -0.304. The van der Waals surface area contributed by atoms with Crippen molar-refractivity contribution < 1.29 is 13.2 Å². The van der Waals surface area contributed by atoms with E-state index in [1.807, 2.05) is 0 Å². The SMILES string of the molecule is Cc1ncc([C@H]2SC2(N)N)cc1C(F)(F)F. The Bertz CT molecular complexity index is 430. The number of pyridine rings is 1. The second-order valence-corrected chi connectivity index (χ2v) is 5.17. The zero-order chi connectivity index (χ0) is 12.1. The van der Waals surface area contributed by atoms with Crippen molar-refractivity contribution in [1.29, 1.82) is 0 Å². The second kappa shape index (κ2) is 3.35. The second-order valence-electron chi connectivity index (χ2n) is 3.75. The van der Waals surface area contributed by atoms with Gasteiger partial charge in [-0.3, -0.25) is 4.98 Å². The maximum atomic E-state index is 12.6. The van der Waals surface area contributed by atoms with E-state index in [0.717, 1.165) is 6.07 Å². The van der Waals surface area contributed by atoms with Crippen LogP contribution in [0.2, 0.25) is 0 Å². The van der Waals surface area contributed by atoms with Crippen LogP contribution in [0.15, 0.2) is 12.3 Å². The zero-order valence-electron chi connectivity index (χ0n) is 8.38. The third-order valence-electron chi connectivity index (χ3n) is 2.39. The first-order chi connectivity index (χ1) is 7.22. The molecular weight excluding hydrogens is 239 g/mol. The molecule has 0 unspecified atom stereocenters. The predicted molar refractivity (Wildman–Crippen MR) is 55.4 cm³/mol. The number of nitrogens with zero attached hydrogens (tertiary/aromatic N) is 1. The molecule has 1 aliphatic heterocycles. The zero-order valence-corrected chi connectivity index (χ0v) is 9.19. The summed E-state index contributed by atoms with van der Waals surface area (Å²) in [7, 11) is 0. The average molecular weight is 249 g/mol. The van der Waals surface area contributed by atoms with Gasteiger partial charge in [0.15, 0.2) is 0 Å².